The normalized spacial score (nSPS) is 15.1. The molecule has 0 unspecified atom stereocenters. The number of amides is 2. The zero-order valence-electron chi connectivity index (χ0n) is 17.0. The van der Waals surface area contributed by atoms with Crippen LogP contribution in [0.2, 0.25) is 0 Å². The van der Waals surface area contributed by atoms with E-state index in [1.54, 1.807) is 24.5 Å². The second-order valence-electron chi connectivity index (χ2n) is 7.41. The number of ether oxygens (including phenoxy) is 1. The zero-order valence-corrected chi connectivity index (χ0v) is 17.0. The summed E-state index contributed by atoms with van der Waals surface area (Å²) in [5, 5.41) is 2.85. The van der Waals surface area contributed by atoms with Gasteiger partial charge in [-0.2, -0.15) is 0 Å². The van der Waals surface area contributed by atoms with Crippen molar-refractivity contribution < 1.29 is 14.3 Å². The molecule has 1 fully saturated rings. The van der Waals surface area contributed by atoms with Crippen molar-refractivity contribution in [3.63, 3.8) is 0 Å². The van der Waals surface area contributed by atoms with Crippen molar-refractivity contribution in [3.8, 4) is 5.75 Å². The van der Waals surface area contributed by atoms with Gasteiger partial charge in [0.15, 0.2) is 6.61 Å². The van der Waals surface area contributed by atoms with Crippen LogP contribution in [0, 0.1) is 5.92 Å². The molecule has 0 bridgehead atoms. The lowest BCUT2D eigenvalue weighted by Gasteiger charge is -2.38. The third-order valence-electron chi connectivity index (χ3n) is 4.98. The smallest absolute Gasteiger partial charge is 0.258 e. The molecule has 0 radical (unpaired) electrons. The number of nitrogens with one attached hydrogen (secondary N) is 1. The molecule has 0 aliphatic carbocycles. The first kappa shape index (κ1) is 20.6. The Morgan fingerprint density at radius 3 is 2.31 bits per heavy atom. The predicted octanol–water partition coefficient (Wildman–Crippen LogP) is 1.95. The van der Waals surface area contributed by atoms with E-state index < -0.39 is 6.04 Å². The number of para-hydroxylation sites is 1. The van der Waals surface area contributed by atoms with Crippen LogP contribution in [0.1, 0.15) is 13.8 Å². The van der Waals surface area contributed by atoms with E-state index >= 15 is 0 Å². The first-order valence-corrected chi connectivity index (χ1v) is 9.95. The minimum atomic E-state index is -0.561. The van der Waals surface area contributed by atoms with Crippen LogP contribution in [-0.4, -0.2) is 60.5 Å². The minimum Gasteiger partial charge on any atom is -0.484 e. The molecule has 0 spiro atoms. The number of piperazine rings is 1. The second kappa shape index (κ2) is 9.91. The number of anilines is 1. The monoisotopic (exact) mass is 396 g/mol. The summed E-state index contributed by atoms with van der Waals surface area (Å²) in [6.45, 7) is 6.53. The van der Waals surface area contributed by atoms with Crippen LogP contribution in [0.3, 0.4) is 0 Å². The van der Waals surface area contributed by atoms with Gasteiger partial charge >= 0.3 is 0 Å². The molecule has 154 valence electrons. The van der Waals surface area contributed by atoms with Crippen molar-refractivity contribution in [2.75, 3.05) is 37.7 Å². The van der Waals surface area contributed by atoms with Gasteiger partial charge in [-0.25, -0.2) is 0 Å². The van der Waals surface area contributed by atoms with E-state index in [1.807, 2.05) is 49.1 Å². The molecule has 3 rings (SSSR count). The summed E-state index contributed by atoms with van der Waals surface area (Å²) in [5.74, 6) is 0.280. The number of pyridine rings is 1. The standard InChI is InChI=1S/C22H28N4O3/c1-17(2)21(24-20(27)16-29-19-6-4-3-5-7-19)22(28)26-14-12-25(13-15-26)18-8-10-23-11-9-18/h3-11,17,21H,12-16H2,1-2H3,(H,24,27)/t21-/m0/s1. The van der Waals surface area contributed by atoms with Crippen molar-refractivity contribution in [2.24, 2.45) is 5.92 Å². The Morgan fingerprint density at radius 1 is 1.03 bits per heavy atom. The summed E-state index contributed by atoms with van der Waals surface area (Å²) < 4.78 is 5.49. The van der Waals surface area contributed by atoms with E-state index in [1.165, 1.54) is 0 Å². The Bertz CT molecular complexity index is 790. The molecule has 1 N–H and O–H groups in total. The van der Waals surface area contributed by atoms with Crippen LogP contribution < -0.4 is 15.0 Å². The fourth-order valence-electron chi connectivity index (χ4n) is 3.33. The van der Waals surface area contributed by atoms with Gasteiger partial charge in [0, 0.05) is 44.3 Å². The summed E-state index contributed by atoms with van der Waals surface area (Å²) in [6.07, 6.45) is 3.55. The molecular formula is C22H28N4O3. The van der Waals surface area contributed by atoms with Gasteiger partial charge in [-0.05, 0) is 30.2 Å². The number of aromatic nitrogens is 1. The molecule has 1 saturated heterocycles. The Labute approximate surface area is 171 Å². The number of carbonyl (C=O) groups excluding carboxylic acids is 2. The highest BCUT2D eigenvalue weighted by molar-refractivity contribution is 5.88. The largest absolute Gasteiger partial charge is 0.484 e. The van der Waals surface area contributed by atoms with Gasteiger partial charge in [-0.1, -0.05) is 32.0 Å². The van der Waals surface area contributed by atoms with E-state index in [4.69, 9.17) is 4.74 Å². The average Bonchev–Trinajstić information content (AvgIpc) is 2.77. The molecule has 1 atom stereocenters. The third kappa shape index (κ3) is 5.70. The maximum Gasteiger partial charge on any atom is 0.258 e. The highest BCUT2D eigenvalue weighted by Crippen LogP contribution is 2.16. The number of carbonyl (C=O) groups is 2. The van der Waals surface area contributed by atoms with Gasteiger partial charge in [0.05, 0.1) is 0 Å². The first-order chi connectivity index (χ1) is 14.0. The van der Waals surface area contributed by atoms with Gasteiger partial charge in [0.2, 0.25) is 5.91 Å². The highest BCUT2D eigenvalue weighted by Gasteiger charge is 2.30. The number of benzene rings is 1. The van der Waals surface area contributed by atoms with Crippen LogP contribution in [0.5, 0.6) is 5.75 Å². The fraction of sp³-hybridized carbons (Fsp3) is 0.409. The number of rotatable bonds is 7. The summed E-state index contributed by atoms with van der Waals surface area (Å²) in [6, 6.07) is 12.5. The van der Waals surface area contributed by atoms with E-state index in [-0.39, 0.29) is 24.3 Å². The molecule has 7 nitrogen and oxygen atoms in total. The van der Waals surface area contributed by atoms with E-state index in [0.29, 0.717) is 18.8 Å². The summed E-state index contributed by atoms with van der Waals surface area (Å²) in [4.78, 5) is 33.5. The Balaban J connectivity index is 1.52. The van der Waals surface area contributed by atoms with Gasteiger partial charge in [0.1, 0.15) is 11.8 Å². The Hall–Kier alpha value is -3.09. The molecular weight excluding hydrogens is 368 g/mol. The van der Waals surface area contributed by atoms with Crippen molar-refractivity contribution in [1.29, 1.82) is 0 Å². The lowest BCUT2D eigenvalue weighted by Crippen LogP contribution is -2.57. The average molecular weight is 396 g/mol. The molecule has 29 heavy (non-hydrogen) atoms. The van der Waals surface area contributed by atoms with Gasteiger partial charge in [-0.15, -0.1) is 0 Å². The molecule has 7 heteroatoms. The fourth-order valence-corrected chi connectivity index (χ4v) is 3.33. The van der Waals surface area contributed by atoms with Crippen molar-refractivity contribution in [1.82, 2.24) is 15.2 Å². The quantitative estimate of drug-likeness (QED) is 0.774. The molecule has 1 aromatic heterocycles. The third-order valence-corrected chi connectivity index (χ3v) is 4.98. The molecule has 1 aliphatic heterocycles. The molecule has 0 saturated carbocycles. The van der Waals surface area contributed by atoms with Crippen molar-refractivity contribution >= 4 is 17.5 Å². The van der Waals surface area contributed by atoms with E-state index in [0.717, 1.165) is 18.8 Å². The Morgan fingerprint density at radius 2 is 1.69 bits per heavy atom. The van der Waals surface area contributed by atoms with Gasteiger partial charge < -0.3 is 19.9 Å². The van der Waals surface area contributed by atoms with Crippen molar-refractivity contribution in [2.45, 2.75) is 19.9 Å². The van der Waals surface area contributed by atoms with Crippen LogP contribution in [0.4, 0.5) is 5.69 Å². The Kier molecular flexibility index (Phi) is 7.05. The maximum atomic E-state index is 13.0. The number of hydrogen-bond donors (Lipinski definition) is 1. The molecule has 2 amide bonds. The number of hydrogen-bond acceptors (Lipinski definition) is 5. The molecule has 1 aliphatic rings. The van der Waals surface area contributed by atoms with Gasteiger partial charge in [-0.3, -0.25) is 14.6 Å². The number of nitrogens with zero attached hydrogens (tertiary/aromatic N) is 3. The predicted molar refractivity (Wildman–Crippen MR) is 112 cm³/mol. The van der Waals surface area contributed by atoms with Crippen LogP contribution in [0.15, 0.2) is 54.9 Å². The van der Waals surface area contributed by atoms with Crippen molar-refractivity contribution in [3.05, 3.63) is 54.9 Å². The molecule has 2 aromatic rings. The highest BCUT2D eigenvalue weighted by atomic mass is 16.5. The zero-order chi connectivity index (χ0) is 20.6. The minimum absolute atomic E-state index is 0.0126. The van der Waals surface area contributed by atoms with Crippen LogP contribution in [0.25, 0.3) is 0 Å². The van der Waals surface area contributed by atoms with E-state index in [2.05, 4.69) is 15.2 Å². The SMILES string of the molecule is CC(C)[C@H](NC(=O)COc1ccccc1)C(=O)N1CCN(c2ccncc2)CC1. The van der Waals surface area contributed by atoms with E-state index in [9.17, 15) is 9.59 Å². The summed E-state index contributed by atoms with van der Waals surface area (Å²) in [5.41, 5.74) is 1.11. The topological polar surface area (TPSA) is 74.8 Å². The lowest BCUT2D eigenvalue weighted by molar-refractivity contribution is -0.138. The van der Waals surface area contributed by atoms with Gasteiger partial charge in [0.25, 0.3) is 5.91 Å². The first-order valence-electron chi connectivity index (χ1n) is 9.95. The summed E-state index contributed by atoms with van der Waals surface area (Å²) >= 11 is 0. The lowest BCUT2D eigenvalue weighted by atomic mass is 10.0. The molecule has 1 aromatic carbocycles. The van der Waals surface area contributed by atoms with Crippen LogP contribution in [-0.2, 0) is 9.59 Å². The van der Waals surface area contributed by atoms with Crippen LogP contribution >= 0.6 is 0 Å². The molecule has 2 heterocycles. The second-order valence-corrected chi connectivity index (χ2v) is 7.41. The summed E-state index contributed by atoms with van der Waals surface area (Å²) in [7, 11) is 0. The maximum absolute atomic E-state index is 13.0.